The number of benzene rings is 2. The maximum absolute atomic E-state index is 5.16. The zero-order chi connectivity index (χ0) is 9.26. The van der Waals surface area contributed by atoms with Crippen molar-refractivity contribution in [3.63, 3.8) is 0 Å². The van der Waals surface area contributed by atoms with Crippen molar-refractivity contribution in [1.82, 2.24) is 0 Å². The van der Waals surface area contributed by atoms with Crippen molar-refractivity contribution in [2.24, 2.45) is 0 Å². The van der Waals surface area contributed by atoms with Crippen LogP contribution in [0.1, 0.15) is 0 Å². The molecule has 2 aromatic rings. The first kappa shape index (κ1) is 8.81. The summed E-state index contributed by atoms with van der Waals surface area (Å²) in [5, 5.41) is 2.51. The summed E-state index contributed by atoms with van der Waals surface area (Å²) in [4.78, 5) is 0. The summed E-state index contributed by atoms with van der Waals surface area (Å²) in [5.74, 6) is 0.912. The molecule has 0 fully saturated rings. The van der Waals surface area contributed by atoms with Gasteiger partial charge in [0.25, 0.3) is 0 Å². The Hall–Kier alpha value is -0.770. The molecule has 0 atom stereocenters. The van der Waals surface area contributed by atoms with Gasteiger partial charge in [-0.2, -0.15) is 0 Å². The Balaban J connectivity index is 2.72. The quantitative estimate of drug-likeness (QED) is 0.729. The molecule has 0 amide bonds. The van der Waals surface area contributed by atoms with E-state index in [0.717, 1.165) is 5.75 Å². The SMILES string of the molecule is COc1ccc2c(I)cccc2c1. The molecule has 0 aliphatic carbocycles. The van der Waals surface area contributed by atoms with Gasteiger partial charge in [0, 0.05) is 3.57 Å². The van der Waals surface area contributed by atoms with Crippen LogP contribution in [0.25, 0.3) is 10.8 Å². The second kappa shape index (κ2) is 3.54. The molecule has 13 heavy (non-hydrogen) atoms. The molecule has 0 unspecified atom stereocenters. The van der Waals surface area contributed by atoms with Gasteiger partial charge in [0.05, 0.1) is 7.11 Å². The van der Waals surface area contributed by atoms with E-state index < -0.39 is 0 Å². The summed E-state index contributed by atoms with van der Waals surface area (Å²) in [6.07, 6.45) is 0. The van der Waals surface area contributed by atoms with Crippen LogP contribution in [0.4, 0.5) is 0 Å². The molecule has 0 saturated heterocycles. The second-order valence-electron chi connectivity index (χ2n) is 2.83. The van der Waals surface area contributed by atoms with Crippen LogP contribution in [0.3, 0.4) is 0 Å². The molecule has 0 aliphatic heterocycles. The van der Waals surface area contributed by atoms with Gasteiger partial charge in [0.15, 0.2) is 0 Å². The normalized spacial score (nSPS) is 10.3. The van der Waals surface area contributed by atoms with Gasteiger partial charge in [0.2, 0.25) is 0 Å². The Morgan fingerprint density at radius 3 is 2.77 bits per heavy atom. The summed E-state index contributed by atoms with van der Waals surface area (Å²) in [6.45, 7) is 0. The van der Waals surface area contributed by atoms with Gasteiger partial charge in [0.1, 0.15) is 5.75 Å². The third-order valence-electron chi connectivity index (χ3n) is 2.03. The number of hydrogen-bond donors (Lipinski definition) is 0. The van der Waals surface area contributed by atoms with Gasteiger partial charge in [-0.05, 0) is 57.6 Å². The average Bonchev–Trinajstić information content (AvgIpc) is 2.18. The zero-order valence-electron chi connectivity index (χ0n) is 7.25. The second-order valence-corrected chi connectivity index (χ2v) is 3.99. The van der Waals surface area contributed by atoms with Gasteiger partial charge in [-0.25, -0.2) is 0 Å². The fraction of sp³-hybridized carbons (Fsp3) is 0.0909. The number of fused-ring (bicyclic) bond motifs is 1. The lowest BCUT2D eigenvalue weighted by molar-refractivity contribution is 0.415. The highest BCUT2D eigenvalue weighted by Gasteiger charge is 1.98. The third-order valence-corrected chi connectivity index (χ3v) is 2.98. The summed E-state index contributed by atoms with van der Waals surface area (Å²) in [7, 11) is 1.69. The molecular formula is C11H9IO. The number of ether oxygens (including phenoxy) is 1. The Morgan fingerprint density at radius 1 is 1.15 bits per heavy atom. The van der Waals surface area contributed by atoms with Crippen molar-refractivity contribution >= 4 is 33.4 Å². The molecule has 0 heterocycles. The molecule has 0 spiro atoms. The molecule has 1 nitrogen and oxygen atoms in total. The van der Waals surface area contributed by atoms with Crippen molar-refractivity contribution in [3.8, 4) is 5.75 Å². The van der Waals surface area contributed by atoms with Gasteiger partial charge in [-0.1, -0.05) is 12.1 Å². The first-order valence-corrected chi connectivity index (χ1v) is 5.11. The molecule has 0 radical (unpaired) electrons. The summed E-state index contributed by atoms with van der Waals surface area (Å²) in [6, 6.07) is 12.4. The molecule has 66 valence electrons. The average molecular weight is 284 g/mol. The summed E-state index contributed by atoms with van der Waals surface area (Å²) < 4.78 is 6.44. The third kappa shape index (κ3) is 1.63. The van der Waals surface area contributed by atoms with E-state index in [1.165, 1.54) is 14.3 Å². The van der Waals surface area contributed by atoms with Crippen LogP contribution < -0.4 is 4.74 Å². The van der Waals surface area contributed by atoms with Crippen molar-refractivity contribution in [2.75, 3.05) is 7.11 Å². The molecule has 0 aliphatic rings. The van der Waals surface area contributed by atoms with Crippen LogP contribution in [-0.4, -0.2) is 7.11 Å². The van der Waals surface area contributed by atoms with E-state index in [1.807, 2.05) is 6.07 Å². The minimum atomic E-state index is 0.912. The number of rotatable bonds is 1. The van der Waals surface area contributed by atoms with Crippen molar-refractivity contribution in [3.05, 3.63) is 40.0 Å². The van der Waals surface area contributed by atoms with E-state index in [-0.39, 0.29) is 0 Å². The zero-order valence-corrected chi connectivity index (χ0v) is 9.41. The van der Waals surface area contributed by atoms with Crippen LogP contribution in [0.2, 0.25) is 0 Å². The number of methoxy groups -OCH3 is 1. The molecule has 0 bridgehead atoms. The molecule has 0 N–H and O–H groups in total. The molecule has 2 heteroatoms. The highest BCUT2D eigenvalue weighted by Crippen LogP contribution is 2.24. The molecule has 0 aromatic heterocycles. The molecular weight excluding hydrogens is 275 g/mol. The highest BCUT2D eigenvalue weighted by molar-refractivity contribution is 14.1. The molecule has 2 aromatic carbocycles. The van der Waals surface area contributed by atoms with E-state index in [0.29, 0.717) is 0 Å². The monoisotopic (exact) mass is 284 g/mol. The largest absolute Gasteiger partial charge is 0.497 e. The maximum Gasteiger partial charge on any atom is 0.119 e. The van der Waals surface area contributed by atoms with Crippen molar-refractivity contribution in [1.29, 1.82) is 0 Å². The van der Waals surface area contributed by atoms with E-state index in [2.05, 4.69) is 52.9 Å². The van der Waals surface area contributed by atoms with Crippen molar-refractivity contribution < 1.29 is 4.74 Å². The lowest BCUT2D eigenvalue weighted by Gasteiger charge is -2.03. The Bertz CT molecular complexity index is 437. The van der Waals surface area contributed by atoms with Gasteiger partial charge in [-0.3, -0.25) is 0 Å². The minimum Gasteiger partial charge on any atom is -0.497 e. The molecule has 2 rings (SSSR count). The van der Waals surface area contributed by atoms with E-state index in [9.17, 15) is 0 Å². The Labute approximate surface area is 90.9 Å². The van der Waals surface area contributed by atoms with Crippen LogP contribution in [-0.2, 0) is 0 Å². The first-order valence-electron chi connectivity index (χ1n) is 4.03. The van der Waals surface area contributed by atoms with Gasteiger partial charge in [-0.15, -0.1) is 0 Å². The van der Waals surface area contributed by atoms with Crippen LogP contribution >= 0.6 is 22.6 Å². The van der Waals surface area contributed by atoms with E-state index in [1.54, 1.807) is 7.11 Å². The standard InChI is InChI=1S/C11H9IO/c1-13-9-5-6-10-8(7-9)3-2-4-11(10)12/h2-7H,1H3. The summed E-state index contributed by atoms with van der Waals surface area (Å²) >= 11 is 2.34. The van der Waals surface area contributed by atoms with Crippen LogP contribution in [0.15, 0.2) is 36.4 Å². The topological polar surface area (TPSA) is 9.23 Å². The fourth-order valence-corrected chi connectivity index (χ4v) is 2.05. The van der Waals surface area contributed by atoms with Gasteiger partial charge >= 0.3 is 0 Å². The number of halogens is 1. The van der Waals surface area contributed by atoms with E-state index >= 15 is 0 Å². The minimum absolute atomic E-state index is 0.912. The Morgan fingerprint density at radius 2 is 2.00 bits per heavy atom. The van der Waals surface area contributed by atoms with Crippen LogP contribution in [0, 0.1) is 3.57 Å². The van der Waals surface area contributed by atoms with Crippen LogP contribution in [0.5, 0.6) is 5.75 Å². The van der Waals surface area contributed by atoms with E-state index in [4.69, 9.17) is 4.74 Å². The fourth-order valence-electron chi connectivity index (χ4n) is 1.35. The maximum atomic E-state index is 5.16. The first-order chi connectivity index (χ1) is 6.31. The smallest absolute Gasteiger partial charge is 0.119 e. The highest BCUT2D eigenvalue weighted by atomic mass is 127. The van der Waals surface area contributed by atoms with Gasteiger partial charge < -0.3 is 4.74 Å². The number of hydrogen-bond acceptors (Lipinski definition) is 1. The predicted octanol–water partition coefficient (Wildman–Crippen LogP) is 3.45. The van der Waals surface area contributed by atoms with Crippen molar-refractivity contribution in [2.45, 2.75) is 0 Å². The summed E-state index contributed by atoms with van der Waals surface area (Å²) in [5.41, 5.74) is 0. The molecule has 0 saturated carbocycles. The Kier molecular flexibility index (Phi) is 2.40. The lowest BCUT2D eigenvalue weighted by Crippen LogP contribution is -1.83. The predicted molar refractivity (Wildman–Crippen MR) is 63.2 cm³/mol. The lowest BCUT2D eigenvalue weighted by atomic mass is 10.1.